The highest BCUT2D eigenvalue weighted by Crippen LogP contribution is 2.22. The van der Waals surface area contributed by atoms with Crippen molar-refractivity contribution in [2.24, 2.45) is 0 Å². The fourth-order valence-electron chi connectivity index (χ4n) is 3.74. The van der Waals surface area contributed by atoms with Gasteiger partial charge in [0.25, 0.3) is 5.56 Å². The van der Waals surface area contributed by atoms with E-state index >= 15 is 0 Å². The Balaban J connectivity index is 1.62. The number of aromatic amines is 1. The van der Waals surface area contributed by atoms with E-state index in [0.29, 0.717) is 30.4 Å². The molecule has 5 nitrogen and oxygen atoms in total. The number of aromatic nitrogens is 1. The summed E-state index contributed by atoms with van der Waals surface area (Å²) in [6.45, 7) is 7.67. The summed E-state index contributed by atoms with van der Waals surface area (Å²) in [7, 11) is 0. The van der Waals surface area contributed by atoms with Crippen LogP contribution in [0.5, 0.6) is 5.75 Å². The van der Waals surface area contributed by atoms with Crippen LogP contribution < -0.4 is 15.6 Å². The Morgan fingerprint density at radius 3 is 2.55 bits per heavy atom. The van der Waals surface area contributed by atoms with E-state index < -0.39 is 0 Å². The molecule has 2 aromatic heterocycles. The average molecular weight is 478 g/mol. The summed E-state index contributed by atoms with van der Waals surface area (Å²) in [5, 5.41) is 6.99. The van der Waals surface area contributed by atoms with Gasteiger partial charge in [-0.1, -0.05) is 18.2 Å². The summed E-state index contributed by atoms with van der Waals surface area (Å²) in [5.41, 5.74) is 4.55. The van der Waals surface area contributed by atoms with Gasteiger partial charge in [-0.05, 0) is 85.9 Å². The van der Waals surface area contributed by atoms with Gasteiger partial charge in [-0.15, -0.1) is 11.3 Å². The first-order valence-corrected chi connectivity index (χ1v) is 12.2. The molecular formula is C26H27N3O2S2. The van der Waals surface area contributed by atoms with Crippen LogP contribution in [0.4, 0.5) is 5.69 Å². The van der Waals surface area contributed by atoms with Crippen LogP contribution in [0.1, 0.15) is 28.5 Å². The van der Waals surface area contributed by atoms with Crippen molar-refractivity contribution in [3.05, 3.63) is 91.9 Å². The number of fused-ring (bicyclic) bond motifs is 1. The number of anilines is 1. The Morgan fingerprint density at radius 1 is 1.09 bits per heavy atom. The smallest absolute Gasteiger partial charge is 0.253 e. The zero-order valence-corrected chi connectivity index (χ0v) is 20.6. The van der Waals surface area contributed by atoms with Gasteiger partial charge in [-0.2, -0.15) is 0 Å². The van der Waals surface area contributed by atoms with Gasteiger partial charge in [0.1, 0.15) is 5.75 Å². The standard InChI is InChI=1S/C26H27N3O2S2/c1-4-31-21-11-9-20(10-12-21)27-26(32)29(16-22-6-5-13-33-22)15-19-14-23-17(2)7-8-18(3)24(23)28-25(19)30/h5-14H,4,15-16H2,1-3H3,(H,27,32)(H,28,30). The maximum Gasteiger partial charge on any atom is 0.253 e. The van der Waals surface area contributed by atoms with Crippen molar-refractivity contribution in [1.29, 1.82) is 0 Å². The van der Waals surface area contributed by atoms with Crippen LogP contribution in [-0.2, 0) is 13.1 Å². The lowest BCUT2D eigenvalue weighted by molar-refractivity contribution is 0.340. The molecule has 0 saturated carbocycles. The number of hydrogen-bond donors (Lipinski definition) is 2. The summed E-state index contributed by atoms with van der Waals surface area (Å²) < 4.78 is 5.52. The number of rotatable bonds is 7. The van der Waals surface area contributed by atoms with E-state index in [2.05, 4.69) is 29.4 Å². The Bertz CT molecular complexity index is 1310. The zero-order chi connectivity index (χ0) is 23.4. The number of nitrogens with one attached hydrogen (secondary N) is 2. The molecule has 2 heterocycles. The molecule has 4 rings (SSSR count). The van der Waals surface area contributed by atoms with E-state index in [9.17, 15) is 4.79 Å². The number of nitrogens with zero attached hydrogens (tertiary/aromatic N) is 1. The number of thiocarbonyl (C=S) groups is 1. The molecule has 0 atom stereocenters. The second kappa shape index (κ2) is 10.2. The lowest BCUT2D eigenvalue weighted by Crippen LogP contribution is -2.35. The van der Waals surface area contributed by atoms with E-state index in [0.717, 1.165) is 33.5 Å². The minimum Gasteiger partial charge on any atom is -0.494 e. The van der Waals surface area contributed by atoms with Crippen molar-refractivity contribution in [2.75, 3.05) is 11.9 Å². The Hall–Kier alpha value is -3.16. The third kappa shape index (κ3) is 5.43. The molecule has 0 bridgehead atoms. The van der Waals surface area contributed by atoms with Crippen molar-refractivity contribution >= 4 is 45.3 Å². The molecular weight excluding hydrogens is 450 g/mol. The molecule has 2 aromatic carbocycles. The Morgan fingerprint density at radius 2 is 1.85 bits per heavy atom. The molecule has 0 aliphatic rings. The molecule has 0 amide bonds. The molecule has 170 valence electrons. The predicted octanol–water partition coefficient (Wildman–Crippen LogP) is 6.00. The van der Waals surface area contributed by atoms with E-state index in [1.54, 1.807) is 11.3 Å². The second-order valence-electron chi connectivity index (χ2n) is 7.93. The summed E-state index contributed by atoms with van der Waals surface area (Å²) >= 11 is 7.45. The summed E-state index contributed by atoms with van der Waals surface area (Å²) in [6, 6.07) is 17.9. The Labute approximate surface area is 203 Å². The Kier molecular flexibility index (Phi) is 7.11. The highest BCUT2D eigenvalue weighted by molar-refractivity contribution is 7.80. The second-order valence-corrected chi connectivity index (χ2v) is 9.35. The normalized spacial score (nSPS) is 10.9. The predicted molar refractivity (Wildman–Crippen MR) is 141 cm³/mol. The van der Waals surface area contributed by atoms with Crippen LogP contribution >= 0.6 is 23.6 Å². The number of aryl methyl sites for hydroxylation is 2. The minimum absolute atomic E-state index is 0.0868. The van der Waals surface area contributed by atoms with Gasteiger partial charge in [0.05, 0.1) is 25.2 Å². The SMILES string of the molecule is CCOc1ccc(NC(=S)N(Cc2cccs2)Cc2cc3c(C)ccc(C)c3[nH]c2=O)cc1. The van der Waals surface area contributed by atoms with Crippen LogP contribution in [0, 0.1) is 13.8 Å². The van der Waals surface area contributed by atoms with E-state index in [1.165, 1.54) is 4.88 Å². The molecule has 0 radical (unpaired) electrons. The average Bonchev–Trinajstić information content (AvgIpc) is 3.31. The van der Waals surface area contributed by atoms with E-state index in [4.69, 9.17) is 17.0 Å². The maximum absolute atomic E-state index is 13.0. The fourth-order valence-corrected chi connectivity index (χ4v) is 4.70. The lowest BCUT2D eigenvalue weighted by Gasteiger charge is -2.25. The van der Waals surface area contributed by atoms with Gasteiger partial charge in [-0.3, -0.25) is 4.79 Å². The van der Waals surface area contributed by atoms with Crippen LogP contribution in [0.15, 0.2) is 64.8 Å². The molecule has 0 aliphatic carbocycles. The van der Waals surface area contributed by atoms with Gasteiger partial charge >= 0.3 is 0 Å². The number of pyridine rings is 1. The van der Waals surface area contributed by atoms with Crippen molar-refractivity contribution in [3.63, 3.8) is 0 Å². The molecule has 0 saturated heterocycles. The van der Waals surface area contributed by atoms with Crippen LogP contribution in [0.2, 0.25) is 0 Å². The van der Waals surface area contributed by atoms with Crippen molar-refractivity contribution < 1.29 is 4.74 Å². The first-order valence-electron chi connectivity index (χ1n) is 10.9. The first-order chi connectivity index (χ1) is 15.9. The first kappa shape index (κ1) is 23.0. The highest BCUT2D eigenvalue weighted by atomic mass is 32.1. The molecule has 2 N–H and O–H groups in total. The van der Waals surface area contributed by atoms with Gasteiger partial charge < -0.3 is 19.9 Å². The molecule has 0 fully saturated rings. The van der Waals surface area contributed by atoms with Gasteiger partial charge in [0.15, 0.2) is 5.11 Å². The monoisotopic (exact) mass is 477 g/mol. The molecule has 33 heavy (non-hydrogen) atoms. The highest BCUT2D eigenvalue weighted by Gasteiger charge is 2.16. The maximum atomic E-state index is 13.0. The van der Waals surface area contributed by atoms with Gasteiger partial charge in [0, 0.05) is 21.5 Å². The number of hydrogen-bond acceptors (Lipinski definition) is 4. The molecule has 0 spiro atoms. The largest absolute Gasteiger partial charge is 0.494 e. The molecule has 4 aromatic rings. The van der Waals surface area contributed by atoms with Crippen molar-refractivity contribution in [1.82, 2.24) is 9.88 Å². The quantitative estimate of drug-likeness (QED) is 0.320. The number of thiophene rings is 1. The number of benzene rings is 2. The van der Waals surface area contributed by atoms with Crippen LogP contribution in [0.25, 0.3) is 10.9 Å². The zero-order valence-electron chi connectivity index (χ0n) is 19.0. The fraction of sp³-hybridized carbons (Fsp3) is 0.231. The lowest BCUT2D eigenvalue weighted by atomic mass is 10.0. The third-order valence-corrected chi connectivity index (χ3v) is 6.73. The molecule has 0 aliphatic heterocycles. The van der Waals surface area contributed by atoms with Crippen molar-refractivity contribution in [3.8, 4) is 5.75 Å². The minimum atomic E-state index is -0.0868. The van der Waals surface area contributed by atoms with Gasteiger partial charge in [-0.25, -0.2) is 0 Å². The summed E-state index contributed by atoms with van der Waals surface area (Å²) in [6.07, 6.45) is 0. The van der Waals surface area contributed by atoms with Gasteiger partial charge in [0.2, 0.25) is 0 Å². The van der Waals surface area contributed by atoms with Crippen molar-refractivity contribution in [2.45, 2.75) is 33.9 Å². The third-order valence-electron chi connectivity index (χ3n) is 5.51. The van der Waals surface area contributed by atoms with E-state index in [1.807, 2.05) is 66.6 Å². The topological polar surface area (TPSA) is 57.4 Å². The number of ether oxygens (including phenoxy) is 1. The van der Waals surface area contributed by atoms with Crippen LogP contribution in [-0.4, -0.2) is 21.6 Å². The number of H-pyrrole nitrogens is 1. The summed E-state index contributed by atoms with van der Waals surface area (Å²) in [4.78, 5) is 19.2. The molecule has 7 heteroatoms. The van der Waals surface area contributed by atoms with E-state index in [-0.39, 0.29) is 5.56 Å². The summed E-state index contributed by atoms with van der Waals surface area (Å²) in [5.74, 6) is 0.817. The molecule has 0 unspecified atom stereocenters. The van der Waals surface area contributed by atoms with Crippen LogP contribution in [0.3, 0.4) is 0 Å².